The maximum atomic E-state index is 11.0. The molecule has 0 amide bonds. The first-order valence-electron chi connectivity index (χ1n) is 15.1. The van der Waals surface area contributed by atoms with Gasteiger partial charge >= 0.3 is 0 Å². The van der Waals surface area contributed by atoms with Crippen LogP contribution in [0.25, 0.3) is 22.2 Å². The van der Waals surface area contributed by atoms with E-state index in [1.165, 1.54) is 0 Å². The van der Waals surface area contributed by atoms with E-state index in [-0.39, 0.29) is 29.5 Å². The summed E-state index contributed by atoms with van der Waals surface area (Å²) in [6.07, 6.45) is 7.37. The van der Waals surface area contributed by atoms with Crippen molar-refractivity contribution in [3.05, 3.63) is 42.2 Å². The van der Waals surface area contributed by atoms with E-state index in [9.17, 15) is 8.42 Å². The largest absolute Gasteiger partial charge is 0.543 e. The molecule has 4 rings (SSSR count). The van der Waals surface area contributed by atoms with E-state index in [0.717, 1.165) is 59.3 Å². The van der Waals surface area contributed by atoms with Gasteiger partial charge in [-0.3, -0.25) is 9.54 Å². The molecule has 2 unspecified atom stereocenters. The van der Waals surface area contributed by atoms with Crippen LogP contribution in [-0.2, 0) is 30.7 Å². The van der Waals surface area contributed by atoms with Gasteiger partial charge in [0, 0.05) is 30.0 Å². The molecule has 12 heteroatoms. The van der Waals surface area contributed by atoms with Crippen molar-refractivity contribution in [2.45, 2.75) is 77.7 Å². The Hall–Kier alpha value is -2.35. The van der Waals surface area contributed by atoms with Crippen LogP contribution in [0.15, 0.2) is 36.7 Å². The zero-order valence-corrected chi connectivity index (χ0v) is 28.2. The third kappa shape index (κ3) is 9.32. The molecule has 0 saturated carbocycles. The van der Waals surface area contributed by atoms with Crippen molar-refractivity contribution in [1.82, 2.24) is 14.8 Å². The molecule has 1 fully saturated rings. The summed E-state index contributed by atoms with van der Waals surface area (Å²) >= 11 is 0. The Balaban J connectivity index is 1.47. The minimum absolute atomic E-state index is 0.0822. The highest BCUT2D eigenvalue weighted by molar-refractivity contribution is 7.85. The molecule has 10 nitrogen and oxygen atoms in total. The van der Waals surface area contributed by atoms with E-state index in [4.69, 9.17) is 28.3 Å². The van der Waals surface area contributed by atoms with E-state index in [2.05, 4.69) is 63.1 Å². The Bertz CT molecular complexity index is 1460. The Morgan fingerprint density at radius 3 is 2.58 bits per heavy atom. The molecule has 1 N–H and O–H groups in total. The number of hydrogen-bond donors (Lipinski definition) is 1. The fraction of sp³-hybridized carbons (Fsp3) is 0.613. The first-order valence-corrected chi connectivity index (χ1v) is 19.6. The second-order valence-corrected chi connectivity index (χ2v) is 19.3. The van der Waals surface area contributed by atoms with Crippen LogP contribution in [0.5, 0.6) is 5.75 Å². The molecule has 43 heavy (non-hydrogen) atoms. The van der Waals surface area contributed by atoms with E-state index < -0.39 is 18.4 Å². The predicted molar refractivity (Wildman–Crippen MR) is 171 cm³/mol. The topological polar surface area (TPSA) is 122 Å². The van der Waals surface area contributed by atoms with Crippen LogP contribution >= 0.6 is 0 Å². The van der Waals surface area contributed by atoms with Gasteiger partial charge in [-0.2, -0.15) is 13.5 Å². The lowest BCUT2D eigenvalue weighted by Gasteiger charge is -2.36. The number of fused-ring (bicyclic) bond motifs is 1. The van der Waals surface area contributed by atoms with E-state index >= 15 is 0 Å². The minimum Gasteiger partial charge on any atom is -0.543 e. The molecule has 238 valence electrons. The van der Waals surface area contributed by atoms with Crippen molar-refractivity contribution < 1.29 is 31.6 Å². The van der Waals surface area contributed by atoms with Gasteiger partial charge in [0.05, 0.1) is 37.7 Å². The predicted octanol–water partition coefficient (Wildman–Crippen LogP) is 6.28. The molecule has 1 saturated heterocycles. The molecule has 0 bridgehead atoms. The van der Waals surface area contributed by atoms with Crippen molar-refractivity contribution >= 4 is 29.3 Å². The lowest BCUT2D eigenvalue weighted by atomic mass is 10.1. The number of aromatic nitrogens is 3. The molecule has 0 radical (unpaired) electrons. The summed E-state index contributed by atoms with van der Waals surface area (Å²) in [6.45, 7) is 15.1. The highest BCUT2D eigenvalue weighted by Crippen LogP contribution is 2.40. The van der Waals surface area contributed by atoms with Crippen molar-refractivity contribution in [3.63, 3.8) is 0 Å². The van der Waals surface area contributed by atoms with E-state index in [1.54, 1.807) is 6.92 Å². The smallest absolute Gasteiger partial charge is 0.265 e. The third-order valence-electron chi connectivity index (χ3n) is 8.16. The molecule has 1 aromatic carbocycles. The van der Waals surface area contributed by atoms with Gasteiger partial charge in [0.25, 0.3) is 10.1 Å². The number of hydrogen-bond acceptors (Lipinski definition) is 8. The Kier molecular flexibility index (Phi) is 11.1. The normalized spacial score (nSPS) is 17.3. The van der Waals surface area contributed by atoms with Crippen molar-refractivity contribution in [3.8, 4) is 17.0 Å². The molecule has 0 aliphatic carbocycles. The molecular weight excluding hydrogens is 587 g/mol. The molecule has 1 aliphatic heterocycles. The van der Waals surface area contributed by atoms with Gasteiger partial charge < -0.3 is 18.6 Å². The van der Waals surface area contributed by atoms with Crippen LogP contribution in [-0.4, -0.2) is 74.8 Å². The van der Waals surface area contributed by atoms with Crippen LogP contribution in [0.4, 0.5) is 0 Å². The van der Waals surface area contributed by atoms with Gasteiger partial charge in [0.2, 0.25) is 8.32 Å². The van der Waals surface area contributed by atoms with Gasteiger partial charge in [-0.25, -0.2) is 4.68 Å². The molecule has 2 aromatic heterocycles. The summed E-state index contributed by atoms with van der Waals surface area (Å²) in [7, 11) is -6.02. The van der Waals surface area contributed by atoms with Crippen LogP contribution < -0.4 is 4.43 Å². The minimum atomic E-state index is -3.99. The van der Waals surface area contributed by atoms with Gasteiger partial charge in [-0.1, -0.05) is 27.7 Å². The van der Waals surface area contributed by atoms with Crippen LogP contribution in [0.2, 0.25) is 18.1 Å². The Morgan fingerprint density at radius 1 is 1.12 bits per heavy atom. The summed E-state index contributed by atoms with van der Waals surface area (Å²) in [4.78, 5) is 4.53. The van der Waals surface area contributed by atoms with Crippen LogP contribution in [0.1, 0.15) is 58.7 Å². The average molecular weight is 634 g/mol. The molecule has 3 aromatic rings. The summed E-state index contributed by atoms with van der Waals surface area (Å²) in [6, 6.07) is 8.38. The summed E-state index contributed by atoms with van der Waals surface area (Å²) in [5, 5.41) is 6.18. The molecule has 1 aliphatic rings. The van der Waals surface area contributed by atoms with E-state index in [1.807, 2.05) is 17.1 Å². The fourth-order valence-electron chi connectivity index (χ4n) is 4.84. The second-order valence-electron chi connectivity index (χ2n) is 13.0. The first-order chi connectivity index (χ1) is 20.2. The summed E-state index contributed by atoms with van der Waals surface area (Å²) in [5.41, 5.74) is 3.83. The standard InChI is InChI=1S/C31H47N3O7SSi/c1-23(22-42(35,36)37)21-39-16-15-38-14-12-24-17-25(20-32-19-24)30-27-18-26(41-43(5,6)31(2,3)4)10-11-28(27)34(33-30)29-9-7-8-13-40-29/h10-11,17-20,23,29H,7-9,12-16,21-22H2,1-6H3,(H,35,36,37). The number of rotatable bonds is 14. The third-order valence-corrected chi connectivity index (χ3v) is 13.5. The average Bonchev–Trinajstić information content (AvgIpc) is 3.30. The number of ether oxygens (including phenoxy) is 3. The molecular formula is C31H47N3O7SSi. The number of nitrogens with zero attached hydrogens (tertiary/aromatic N) is 3. The lowest BCUT2D eigenvalue weighted by molar-refractivity contribution is -0.0365. The highest BCUT2D eigenvalue weighted by atomic mass is 32.2. The SMILES string of the molecule is CC(COCCOCCc1cncc(-c2nn(C3CCCCO3)c3ccc(O[Si](C)(C)C(C)(C)C)cc23)c1)CS(=O)(=O)O. The lowest BCUT2D eigenvalue weighted by Crippen LogP contribution is -2.43. The van der Waals surface area contributed by atoms with Crippen LogP contribution in [0, 0.1) is 5.92 Å². The Morgan fingerprint density at radius 2 is 1.88 bits per heavy atom. The maximum absolute atomic E-state index is 11.0. The van der Waals surface area contributed by atoms with Crippen molar-refractivity contribution in [2.24, 2.45) is 5.92 Å². The fourth-order valence-corrected chi connectivity index (χ4v) is 6.67. The summed E-state index contributed by atoms with van der Waals surface area (Å²) < 4.78 is 56.9. The monoisotopic (exact) mass is 633 g/mol. The molecule has 0 spiro atoms. The zero-order chi connectivity index (χ0) is 31.3. The number of pyridine rings is 1. The molecule has 3 heterocycles. The van der Waals surface area contributed by atoms with Crippen molar-refractivity contribution in [1.29, 1.82) is 0 Å². The van der Waals surface area contributed by atoms with Crippen LogP contribution in [0.3, 0.4) is 0 Å². The second kappa shape index (κ2) is 14.2. The van der Waals surface area contributed by atoms with Gasteiger partial charge in [-0.05, 0) is 79.6 Å². The van der Waals surface area contributed by atoms with Gasteiger partial charge in [0.1, 0.15) is 11.4 Å². The van der Waals surface area contributed by atoms with E-state index in [0.29, 0.717) is 26.2 Å². The first kappa shape index (κ1) is 33.5. The number of benzene rings is 1. The van der Waals surface area contributed by atoms with Crippen molar-refractivity contribution in [2.75, 3.05) is 38.8 Å². The molecule has 2 atom stereocenters. The summed E-state index contributed by atoms with van der Waals surface area (Å²) in [5.74, 6) is 0.253. The maximum Gasteiger partial charge on any atom is 0.265 e. The van der Waals surface area contributed by atoms with Gasteiger partial charge in [-0.15, -0.1) is 0 Å². The van der Waals surface area contributed by atoms with Gasteiger partial charge in [0.15, 0.2) is 6.23 Å². The Labute approximate surface area is 257 Å². The zero-order valence-electron chi connectivity index (χ0n) is 26.3. The quantitative estimate of drug-likeness (QED) is 0.124. The highest BCUT2D eigenvalue weighted by Gasteiger charge is 2.39.